The summed E-state index contributed by atoms with van der Waals surface area (Å²) in [6.07, 6.45) is 4.98. The molecular formula is C10H16N2O2. The van der Waals surface area contributed by atoms with Crippen LogP contribution in [0.2, 0.25) is 0 Å². The number of hydrogen-bond donors (Lipinski definition) is 2. The van der Waals surface area contributed by atoms with Crippen molar-refractivity contribution in [2.24, 2.45) is 5.92 Å². The van der Waals surface area contributed by atoms with Crippen LogP contribution in [0, 0.1) is 5.92 Å². The molecule has 1 atom stereocenters. The predicted octanol–water partition coefficient (Wildman–Crippen LogP) is 0.181. The molecule has 78 valence electrons. The van der Waals surface area contributed by atoms with Crippen molar-refractivity contribution in [3.63, 3.8) is 0 Å². The Labute approximate surface area is 83.4 Å². The van der Waals surface area contributed by atoms with Crippen molar-refractivity contribution in [2.45, 2.75) is 38.1 Å². The smallest absolute Gasteiger partial charge is 0.225 e. The molecule has 1 heterocycles. The second kappa shape index (κ2) is 3.98. The molecule has 1 saturated carbocycles. The molecule has 1 aliphatic heterocycles. The number of carbonyl (C=O) groups excluding carboxylic acids is 2. The predicted molar refractivity (Wildman–Crippen MR) is 51.5 cm³/mol. The minimum atomic E-state index is -0.136. The summed E-state index contributed by atoms with van der Waals surface area (Å²) in [7, 11) is 0. The van der Waals surface area contributed by atoms with E-state index in [9.17, 15) is 9.59 Å². The summed E-state index contributed by atoms with van der Waals surface area (Å²) in [5, 5.41) is 5.69. The molecular weight excluding hydrogens is 180 g/mol. The van der Waals surface area contributed by atoms with Gasteiger partial charge in [-0.25, -0.2) is 0 Å². The molecule has 2 rings (SSSR count). The monoisotopic (exact) mass is 196 g/mol. The topological polar surface area (TPSA) is 58.2 Å². The third kappa shape index (κ3) is 2.05. The Bertz CT molecular complexity index is 247. The van der Waals surface area contributed by atoms with Crippen LogP contribution >= 0.6 is 0 Å². The average molecular weight is 196 g/mol. The number of rotatable bonds is 2. The van der Waals surface area contributed by atoms with Crippen LogP contribution < -0.4 is 10.6 Å². The molecule has 0 aromatic rings. The molecule has 14 heavy (non-hydrogen) atoms. The van der Waals surface area contributed by atoms with Crippen molar-refractivity contribution >= 4 is 11.8 Å². The van der Waals surface area contributed by atoms with Crippen molar-refractivity contribution in [2.75, 3.05) is 6.54 Å². The largest absolute Gasteiger partial charge is 0.355 e. The molecule has 2 amide bonds. The first-order valence-corrected chi connectivity index (χ1v) is 5.33. The lowest BCUT2D eigenvalue weighted by Crippen LogP contribution is -2.38. The fourth-order valence-electron chi connectivity index (χ4n) is 2.18. The lowest BCUT2D eigenvalue weighted by molar-refractivity contribution is -0.127. The number of amides is 2. The highest BCUT2D eigenvalue weighted by Gasteiger charge is 2.29. The van der Waals surface area contributed by atoms with Gasteiger partial charge in [0.1, 0.15) is 0 Å². The Kier molecular flexibility index (Phi) is 2.70. The van der Waals surface area contributed by atoms with Gasteiger partial charge in [0.25, 0.3) is 0 Å². The highest BCUT2D eigenvalue weighted by Crippen LogP contribution is 2.19. The lowest BCUT2D eigenvalue weighted by Gasteiger charge is -2.14. The Morgan fingerprint density at radius 3 is 2.64 bits per heavy atom. The summed E-state index contributed by atoms with van der Waals surface area (Å²) >= 11 is 0. The molecule has 0 bridgehead atoms. The Morgan fingerprint density at radius 2 is 2.07 bits per heavy atom. The highest BCUT2D eigenvalue weighted by molar-refractivity contribution is 5.89. The summed E-state index contributed by atoms with van der Waals surface area (Å²) in [4.78, 5) is 22.5. The van der Waals surface area contributed by atoms with Crippen LogP contribution in [0.5, 0.6) is 0 Å². The van der Waals surface area contributed by atoms with Crippen LogP contribution in [-0.2, 0) is 9.59 Å². The quantitative estimate of drug-likeness (QED) is 0.662. The van der Waals surface area contributed by atoms with Gasteiger partial charge in [0.15, 0.2) is 0 Å². The number of hydrogen-bond acceptors (Lipinski definition) is 2. The second-order valence-electron chi connectivity index (χ2n) is 4.20. The maximum atomic E-state index is 11.6. The zero-order valence-electron chi connectivity index (χ0n) is 8.21. The summed E-state index contributed by atoms with van der Waals surface area (Å²) in [6, 6.07) is 0.359. The van der Waals surface area contributed by atoms with E-state index in [0.29, 0.717) is 19.0 Å². The maximum absolute atomic E-state index is 11.6. The SMILES string of the molecule is O=C1CC(C(=O)NC2CCCC2)CN1. The van der Waals surface area contributed by atoms with Gasteiger partial charge in [-0.3, -0.25) is 9.59 Å². The third-order valence-electron chi connectivity index (χ3n) is 3.05. The molecule has 4 heteroatoms. The zero-order chi connectivity index (χ0) is 9.97. The fourth-order valence-corrected chi connectivity index (χ4v) is 2.18. The lowest BCUT2D eigenvalue weighted by atomic mass is 10.1. The summed E-state index contributed by atoms with van der Waals surface area (Å²) in [6.45, 7) is 0.511. The van der Waals surface area contributed by atoms with Gasteiger partial charge in [0.05, 0.1) is 5.92 Å². The van der Waals surface area contributed by atoms with Gasteiger partial charge in [0.2, 0.25) is 11.8 Å². The van der Waals surface area contributed by atoms with E-state index >= 15 is 0 Å². The van der Waals surface area contributed by atoms with Crippen LogP contribution in [0.3, 0.4) is 0 Å². The van der Waals surface area contributed by atoms with E-state index in [4.69, 9.17) is 0 Å². The van der Waals surface area contributed by atoms with Crippen LogP contribution in [0.4, 0.5) is 0 Å². The number of nitrogens with one attached hydrogen (secondary N) is 2. The van der Waals surface area contributed by atoms with E-state index in [1.54, 1.807) is 0 Å². The van der Waals surface area contributed by atoms with E-state index < -0.39 is 0 Å². The molecule has 0 aromatic heterocycles. The van der Waals surface area contributed by atoms with Crippen LogP contribution in [-0.4, -0.2) is 24.4 Å². The summed E-state index contributed by atoms with van der Waals surface area (Å²) in [5.74, 6) is -0.0880. The van der Waals surface area contributed by atoms with Crippen LogP contribution in [0.1, 0.15) is 32.1 Å². The van der Waals surface area contributed by atoms with Crippen molar-refractivity contribution < 1.29 is 9.59 Å². The minimum absolute atomic E-state index is 0.00317. The highest BCUT2D eigenvalue weighted by atomic mass is 16.2. The molecule has 0 radical (unpaired) electrons. The second-order valence-corrected chi connectivity index (χ2v) is 4.20. The molecule has 1 unspecified atom stereocenters. The standard InChI is InChI=1S/C10H16N2O2/c13-9-5-7(6-11-9)10(14)12-8-3-1-2-4-8/h7-8H,1-6H2,(H,11,13)(H,12,14). The molecule has 2 fully saturated rings. The first kappa shape index (κ1) is 9.49. The first-order chi connectivity index (χ1) is 6.75. The van der Waals surface area contributed by atoms with Crippen LogP contribution in [0.25, 0.3) is 0 Å². The minimum Gasteiger partial charge on any atom is -0.355 e. The van der Waals surface area contributed by atoms with Crippen molar-refractivity contribution in [1.82, 2.24) is 10.6 Å². The first-order valence-electron chi connectivity index (χ1n) is 5.33. The summed E-state index contributed by atoms with van der Waals surface area (Å²) < 4.78 is 0. The summed E-state index contributed by atoms with van der Waals surface area (Å²) in [5.41, 5.74) is 0. The average Bonchev–Trinajstić information content (AvgIpc) is 2.75. The van der Waals surface area contributed by atoms with Crippen molar-refractivity contribution in [1.29, 1.82) is 0 Å². The van der Waals surface area contributed by atoms with E-state index in [-0.39, 0.29) is 17.7 Å². The van der Waals surface area contributed by atoms with Gasteiger partial charge in [0, 0.05) is 19.0 Å². The Hall–Kier alpha value is -1.06. The van der Waals surface area contributed by atoms with Gasteiger partial charge in [-0.2, -0.15) is 0 Å². The number of carbonyl (C=O) groups is 2. The molecule has 0 aromatic carbocycles. The molecule has 0 spiro atoms. The molecule has 4 nitrogen and oxygen atoms in total. The van der Waals surface area contributed by atoms with Gasteiger partial charge in [-0.15, -0.1) is 0 Å². The third-order valence-corrected chi connectivity index (χ3v) is 3.05. The molecule has 2 N–H and O–H groups in total. The van der Waals surface area contributed by atoms with Gasteiger partial charge < -0.3 is 10.6 Å². The van der Waals surface area contributed by atoms with E-state index in [1.807, 2.05) is 0 Å². The van der Waals surface area contributed by atoms with Gasteiger partial charge in [-0.05, 0) is 12.8 Å². The van der Waals surface area contributed by atoms with Gasteiger partial charge in [-0.1, -0.05) is 12.8 Å². The van der Waals surface area contributed by atoms with Crippen molar-refractivity contribution in [3.8, 4) is 0 Å². The van der Waals surface area contributed by atoms with E-state index in [0.717, 1.165) is 12.8 Å². The molecule has 1 saturated heterocycles. The maximum Gasteiger partial charge on any atom is 0.225 e. The van der Waals surface area contributed by atoms with Crippen LogP contribution in [0.15, 0.2) is 0 Å². The fraction of sp³-hybridized carbons (Fsp3) is 0.800. The van der Waals surface area contributed by atoms with E-state index in [1.165, 1.54) is 12.8 Å². The normalized spacial score (nSPS) is 27.7. The van der Waals surface area contributed by atoms with Crippen molar-refractivity contribution in [3.05, 3.63) is 0 Å². The molecule has 1 aliphatic carbocycles. The zero-order valence-corrected chi connectivity index (χ0v) is 8.21. The van der Waals surface area contributed by atoms with E-state index in [2.05, 4.69) is 10.6 Å². The van der Waals surface area contributed by atoms with Gasteiger partial charge >= 0.3 is 0 Å². The molecule has 2 aliphatic rings. The Balaban J connectivity index is 1.80. The Morgan fingerprint density at radius 1 is 1.36 bits per heavy atom.